The van der Waals surface area contributed by atoms with Crippen LogP contribution in [0.2, 0.25) is 5.02 Å². The van der Waals surface area contributed by atoms with E-state index in [4.69, 9.17) is 11.6 Å². The minimum atomic E-state index is -4.77. The minimum absolute atomic E-state index is 0.230. The molecule has 41 heavy (non-hydrogen) atoms. The molecule has 0 heterocycles. The molecule has 1 N–H and O–H groups in total. The standard InChI is InChI=1S/C30H21ClF3N3O3S/c31-27-15-14-22(30(32,33)34)17-28(27)37(41(39,40)23-10-2-1-3-11-23)19-29(38)36-35-18-26-24-12-6-4-8-20(24)16-21-9-5-7-13-25(21)26/h1-18H,19H2,(H,36,38)/b35-18-. The number of halogens is 4. The average Bonchev–Trinajstić information content (AvgIpc) is 2.95. The van der Waals surface area contributed by atoms with Crippen LogP contribution in [0.15, 0.2) is 113 Å². The predicted octanol–water partition coefficient (Wildman–Crippen LogP) is 7.01. The predicted molar refractivity (Wildman–Crippen MR) is 155 cm³/mol. The maximum Gasteiger partial charge on any atom is 0.416 e. The first-order valence-electron chi connectivity index (χ1n) is 12.2. The number of hydrazone groups is 1. The van der Waals surface area contributed by atoms with Crippen molar-refractivity contribution in [1.82, 2.24) is 5.43 Å². The van der Waals surface area contributed by atoms with Gasteiger partial charge in [-0.15, -0.1) is 0 Å². The van der Waals surface area contributed by atoms with Gasteiger partial charge in [-0.1, -0.05) is 78.3 Å². The Hall–Kier alpha value is -4.41. The molecule has 0 aliphatic carbocycles. The van der Waals surface area contributed by atoms with Crippen molar-refractivity contribution in [3.8, 4) is 0 Å². The van der Waals surface area contributed by atoms with Crippen LogP contribution in [0.3, 0.4) is 0 Å². The summed E-state index contributed by atoms with van der Waals surface area (Å²) in [4.78, 5) is 12.8. The topological polar surface area (TPSA) is 78.8 Å². The van der Waals surface area contributed by atoms with Crippen LogP contribution in [0.25, 0.3) is 21.5 Å². The Morgan fingerprint density at radius 3 is 2.05 bits per heavy atom. The lowest BCUT2D eigenvalue weighted by Crippen LogP contribution is -2.40. The fraction of sp³-hybridized carbons (Fsp3) is 0.0667. The molecule has 0 saturated heterocycles. The van der Waals surface area contributed by atoms with Crippen molar-refractivity contribution in [2.24, 2.45) is 5.10 Å². The molecular formula is C30H21ClF3N3O3S. The van der Waals surface area contributed by atoms with Gasteiger partial charge in [0.15, 0.2) is 0 Å². The van der Waals surface area contributed by atoms with E-state index in [1.807, 2.05) is 54.6 Å². The summed E-state index contributed by atoms with van der Waals surface area (Å²) in [5, 5.41) is 7.46. The van der Waals surface area contributed by atoms with E-state index in [9.17, 15) is 26.4 Å². The average molecular weight is 596 g/mol. The first kappa shape index (κ1) is 28.1. The molecule has 0 aliphatic heterocycles. The third-order valence-electron chi connectivity index (χ3n) is 6.36. The molecule has 0 bridgehead atoms. The van der Waals surface area contributed by atoms with Gasteiger partial charge in [-0.2, -0.15) is 18.3 Å². The first-order valence-corrected chi connectivity index (χ1v) is 14.0. The highest BCUT2D eigenvalue weighted by Crippen LogP contribution is 2.37. The van der Waals surface area contributed by atoms with Crippen molar-refractivity contribution in [3.63, 3.8) is 0 Å². The van der Waals surface area contributed by atoms with Crippen LogP contribution in [-0.2, 0) is 21.0 Å². The molecule has 0 spiro atoms. The number of rotatable bonds is 7. The van der Waals surface area contributed by atoms with E-state index in [0.717, 1.165) is 39.2 Å². The van der Waals surface area contributed by atoms with Crippen LogP contribution in [-0.4, -0.2) is 27.1 Å². The second-order valence-electron chi connectivity index (χ2n) is 9.01. The first-order chi connectivity index (χ1) is 19.6. The summed E-state index contributed by atoms with van der Waals surface area (Å²) >= 11 is 6.18. The lowest BCUT2D eigenvalue weighted by atomic mass is 9.97. The third kappa shape index (κ3) is 5.89. The minimum Gasteiger partial charge on any atom is -0.271 e. The molecule has 5 rings (SSSR count). The zero-order valence-electron chi connectivity index (χ0n) is 21.1. The smallest absolute Gasteiger partial charge is 0.271 e. The van der Waals surface area contributed by atoms with E-state index in [0.29, 0.717) is 10.4 Å². The Labute approximate surface area is 238 Å². The fourth-order valence-corrected chi connectivity index (χ4v) is 6.14. The number of fused-ring (bicyclic) bond motifs is 2. The van der Waals surface area contributed by atoms with E-state index in [1.54, 1.807) is 6.07 Å². The van der Waals surface area contributed by atoms with Crippen molar-refractivity contribution in [2.75, 3.05) is 10.8 Å². The number of anilines is 1. The number of alkyl halides is 3. The highest BCUT2D eigenvalue weighted by atomic mass is 35.5. The Bertz CT molecular complexity index is 1840. The fourth-order valence-electron chi connectivity index (χ4n) is 4.42. The number of sulfonamides is 1. The van der Waals surface area contributed by atoms with E-state index in [-0.39, 0.29) is 9.92 Å². The number of amides is 1. The Morgan fingerprint density at radius 2 is 1.44 bits per heavy atom. The molecule has 1 amide bonds. The van der Waals surface area contributed by atoms with Crippen molar-refractivity contribution in [1.29, 1.82) is 0 Å². The Kier molecular flexibility index (Phi) is 7.70. The van der Waals surface area contributed by atoms with Gasteiger partial charge in [-0.3, -0.25) is 9.10 Å². The maximum absolute atomic E-state index is 13.5. The summed E-state index contributed by atoms with van der Waals surface area (Å²) in [6.07, 6.45) is -3.31. The molecular weight excluding hydrogens is 575 g/mol. The quantitative estimate of drug-likeness (QED) is 0.125. The summed E-state index contributed by atoms with van der Waals surface area (Å²) in [6, 6.07) is 26.6. The highest BCUT2D eigenvalue weighted by molar-refractivity contribution is 7.92. The van der Waals surface area contributed by atoms with Gasteiger partial charge in [0.05, 0.1) is 27.4 Å². The number of carbonyl (C=O) groups is 1. The molecule has 208 valence electrons. The lowest BCUT2D eigenvalue weighted by Gasteiger charge is -2.25. The normalized spacial score (nSPS) is 12.2. The number of benzene rings is 5. The number of nitrogens with zero attached hydrogens (tertiary/aromatic N) is 2. The van der Waals surface area contributed by atoms with E-state index in [1.165, 1.54) is 30.5 Å². The highest BCUT2D eigenvalue weighted by Gasteiger charge is 2.34. The monoisotopic (exact) mass is 595 g/mol. The van der Waals surface area contributed by atoms with Gasteiger partial charge in [-0.25, -0.2) is 13.8 Å². The van der Waals surface area contributed by atoms with E-state index >= 15 is 0 Å². The van der Waals surface area contributed by atoms with Crippen LogP contribution in [0.4, 0.5) is 18.9 Å². The van der Waals surface area contributed by atoms with Crippen LogP contribution in [0.5, 0.6) is 0 Å². The summed E-state index contributed by atoms with van der Waals surface area (Å²) in [5.74, 6) is -0.890. The lowest BCUT2D eigenvalue weighted by molar-refractivity contribution is -0.137. The molecule has 0 saturated carbocycles. The van der Waals surface area contributed by atoms with Crippen LogP contribution < -0.4 is 9.73 Å². The van der Waals surface area contributed by atoms with Crippen molar-refractivity contribution in [2.45, 2.75) is 11.1 Å². The number of hydrogen-bond acceptors (Lipinski definition) is 4. The number of nitrogens with one attached hydrogen (secondary N) is 1. The molecule has 5 aromatic carbocycles. The molecule has 11 heteroatoms. The number of carbonyl (C=O) groups excluding carboxylic acids is 1. The Morgan fingerprint density at radius 1 is 0.854 bits per heavy atom. The molecule has 0 aromatic heterocycles. The third-order valence-corrected chi connectivity index (χ3v) is 8.45. The van der Waals surface area contributed by atoms with Crippen LogP contribution in [0.1, 0.15) is 11.1 Å². The van der Waals surface area contributed by atoms with Crippen LogP contribution in [0, 0.1) is 0 Å². The summed E-state index contributed by atoms with van der Waals surface area (Å²) < 4.78 is 68.1. The van der Waals surface area contributed by atoms with Gasteiger partial charge in [0.1, 0.15) is 6.54 Å². The molecule has 0 unspecified atom stereocenters. The zero-order valence-corrected chi connectivity index (χ0v) is 22.7. The SMILES string of the molecule is O=C(CN(c1cc(C(F)(F)F)ccc1Cl)S(=O)(=O)c1ccccc1)N/N=C\c1c2ccccc2cc2ccccc12. The van der Waals surface area contributed by atoms with Crippen molar-refractivity contribution in [3.05, 3.63) is 119 Å². The van der Waals surface area contributed by atoms with Gasteiger partial charge in [0.25, 0.3) is 15.9 Å². The second-order valence-corrected chi connectivity index (χ2v) is 11.3. The van der Waals surface area contributed by atoms with Gasteiger partial charge in [-0.05, 0) is 57.9 Å². The summed E-state index contributed by atoms with van der Waals surface area (Å²) in [6.45, 7) is -0.883. The van der Waals surface area contributed by atoms with Crippen molar-refractivity contribution < 1.29 is 26.4 Å². The van der Waals surface area contributed by atoms with Gasteiger partial charge < -0.3 is 0 Å². The maximum atomic E-state index is 13.5. The summed E-state index contributed by atoms with van der Waals surface area (Å²) in [7, 11) is -4.50. The molecule has 5 aromatic rings. The molecule has 0 fully saturated rings. The zero-order chi connectivity index (χ0) is 29.2. The van der Waals surface area contributed by atoms with Crippen molar-refractivity contribution >= 4 is 61.0 Å². The van der Waals surface area contributed by atoms with E-state index < -0.39 is 39.9 Å². The second kappa shape index (κ2) is 11.2. The largest absolute Gasteiger partial charge is 0.416 e. The molecule has 0 radical (unpaired) electrons. The van der Waals surface area contributed by atoms with Gasteiger partial charge in [0.2, 0.25) is 0 Å². The Balaban J connectivity index is 1.49. The van der Waals surface area contributed by atoms with Crippen LogP contribution >= 0.6 is 11.6 Å². The van der Waals surface area contributed by atoms with Gasteiger partial charge in [0, 0.05) is 5.56 Å². The summed E-state index contributed by atoms with van der Waals surface area (Å²) in [5.41, 5.74) is 1.42. The molecule has 0 aliphatic rings. The number of hydrogen-bond donors (Lipinski definition) is 1. The van der Waals surface area contributed by atoms with Gasteiger partial charge >= 0.3 is 6.18 Å². The van der Waals surface area contributed by atoms with E-state index in [2.05, 4.69) is 10.5 Å². The molecule has 0 atom stereocenters. The molecule has 6 nitrogen and oxygen atoms in total.